The number of fused-ring (bicyclic) bond motifs is 4. The van der Waals surface area contributed by atoms with Gasteiger partial charge < -0.3 is 14.7 Å². The summed E-state index contributed by atoms with van der Waals surface area (Å²) in [6.07, 6.45) is 7.14. The van der Waals surface area contributed by atoms with E-state index in [1.54, 1.807) is 0 Å². The summed E-state index contributed by atoms with van der Waals surface area (Å²) in [5.74, 6) is 0.418. The monoisotopic (exact) mass is 449 g/mol. The van der Waals surface area contributed by atoms with E-state index in [2.05, 4.69) is 36.1 Å². The quantitative estimate of drug-likeness (QED) is 0.686. The zero-order valence-corrected chi connectivity index (χ0v) is 20.2. The number of hydrogen-bond donors (Lipinski definition) is 1. The number of hydrogen-bond acceptors (Lipinski definition) is 5. The predicted octanol–water partition coefficient (Wildman–Crippen LogP) is 4.56. The molecule has 3 unspecified atom stereocenters. The summed E-state index contributed by atoms with van der Waals surface area (Å²) < 4.78 is 5.12. The van der Waals surface area contributed by atoms with Crippen LogP contribution in [-0.4, -0.2) is 43.7 Å². The number of anilines is 1. The second-order valence-electron chi connectivity index (χ2n) is 10.9. The van der Waals surface area contributed by atoms with Gasteiger partial charge in [0, 0.05) is 37.5 Å². The second kappa shape index (κ2) is 7.83. The number of rotatable bonds is 3. The summed E-state index contributed by atoms with van der Waals surface area (Å²) in [6, 6.07) is 8.70. The van der Waals surface area contributed by atoms with Gasteiger partial charge in [-0.05, 0) is 85.3 Å². The lowest BCUT2D eigenvalue weighted by Crippen LogP contribution is -2.56. The van der Waals surface area contributed by atoms with Gasteiger partial charge in [0.2, 0.25) is 0 Å². The lowest BCUT2D eigenvalue weighted by Gasteiger charge is -2.54. The molecular formula is C28H35NO4. The molecule has 0 aromatic heterocycles. The number of nitrogens with zero attached hydrogens (tertiary/aromatic N) is 1. The number of allylic oxidation sites excluding steroid dienone is 4. The van der Waals surface area contributed by atoms with Crippen LogP contribution in [0, 0.1) is 17.3 Å². The number of aliphatic hydroxyl groups is 1. The summed E-state index contributed by atoms with van der Waals surface area (Å²) in [5, 5.41) is 11.7. The van der Waals surface area contributed by atoms with E-state index in [0.29, 0.717) is 25.2 Å². The molecular weight excluding hydrogens is 414 g/mol. The van der Waals surface area contributed by atoms with Crippen molar-refractivity contribution in [3.63, 3.8) is 0 Å². The molecule has 5 rings (SSSR count). The van der Waals surface area contributed by atoms with Crippen molar-refractivity contribution in [3.8, 4) is 0 Å². The Balaban J connectivity index is 1.66. The molecule has 1 aromatic carbocycles. The van der Waals surface area contributed by atoms with Crippen LogP contribution in [0.25, 0.3) is 0 Å². The van der Waals surface area contributed by atoms with Crippen molar-refractivity contribution in [2.75, 3.05) is 26.1 Å². The first-order valence-electron chi connectivity index (χ1n) is 12.2. The standard InChI is InChI=1S/C28H35NO4/c1-27-16-23(17-5-8-19(9-6-17)29(2)3)25-21-12-10-20(30)15-18(21)7-11-22(25)24(27)13-14-28(27,32)26(31)33-4/h5-6,8-9,15,22-24,32H,7,10-14,16H2,1-4H3/t22?,23?,24?,27-,28-/m0/s1. The van der Waals surface area contributed by atoms with Gasteiger partial charge in [-0.15, -0.1) is 0 Å². The van der Waals surface area contributed by atoms with Gasteiger partial charge >= 0.3 is 5.97 Å². The molecule has 0 spiro atoms. The highest BCUT2D eigenvalue weighted by atomic mass is 16.5. The van der Waals surface area contributed by atoms with E-state index in [4.69, 9.17) is 4.74 Å². The minimum Gasteiger partial charge on any atom is -0.467 e. The van der Waals surface area contributed by atoms with Crippen molar-refractivity contribution in [2.45, 2.75) is 63.4 Å². The van der Waals surface area contributed by atoms with Crippen LogP contribution in [0.3, 0.4) is 0 Å². The molecule has 5 nitrogen and oxygen atoms in total. The van der Waals surface area contributed by atoms with Crippen LogP contribution in [0.2, 0.25) is 0 Å². The van der Waals surface area contributed by atoms with Gasteiger partial charge in [0.25, 0.3) is 0 Å². The third-order valence-electron chi connectivity index (χ3n) is 9.22. The van der Waals surface area contributed by atoms with Gasteiger partial charge in [-0.3, -0.25) is 4.79 Å². The first-order valence-corrected chi connectivity index (χ1v) is 12.2. The number of ketones is 1. The fraction of sp³-hybridized carbons (Fsp3) is 0.571. The summed E-state index contributed by atoms with van der Waals surface area (Å²) in [4.78, 5) is 27.1. The Bertz CT molecular complexity index is 1050. The highest BCUT2D eigenvalue weighted by Gasteiger charge is 2.66. The minimum atomic E-state index is -1.46. The van der Waals surface area contributed by atoms with E-state index >= 15 is 0 Å². The number of carbonyl (C=O) groups excluding carboxylic acids is 2. The number of esters is 1. The third-order valence-corrected chi connectivity index (χ3v) is 9.22. The van der Waals surface area contributed by atoms with Crippen molar-refractivity contribution in [1.29, 1.82) is 0 Å². The molecule has 2 fully saturated rings. The second-order valence-corrected chi connectivity index (χ2v) is 10.9. The maximum absolute atomic E-state index is 12.8. The average molecular weight is 450 g/mol. The maximum atomic E-state index is 12.8. The Morgan fingerprint density at radius 3 is 2.52 bits per heavy atom. The van der Waals surface area contributed by atoms with Crippen molar-refractivity contribution in [1.82, 2.24) is 0 Å². The van der Waals surface area contributed by atoms with Crippen LogP contribution < -0.4 is 4.90 Å². The van der Waals surface area contributed by atoms with E-state index in [1.165, 1.54) is 29.4 Å². The Morgan fingerprint density at radius 1 is 1.12 bits per heavy atom. The largest absolute Gasteiger partial charge is 0.467 e. The van der Waals surface area contributed by atoms with Crippen molar-refractivity contribution >= 4 is 17.4 Å². The van der Waals surface area contributed by atoms with Crippen LogP contribution in [-0.2, 0) is 14.3 Å². The van der Waals surface area contributed by atoms with E-state index < -0.39 is 17.0 Å². The Morgan fingerprint density at radius 2 is 1.85 bits per heavy atom. The van der Waals surface area contributed by atoms with Gasteiger partial charge in [0.05, 0.1) is 7.11 Å². The first-order chi connectivity index (χ1) is 15.7. The van der Waals surface area contributed by atoms with Crippen LogP contribution in [0.5, 0.6) is 0 Å². The highest BCUT2D eigenvalue weighted by Crippen LogP contribution is 2.66. The molecule has 1 aromatic rings. The molecule has 0 aliphatic heterocycles. The molecule has 0 radical (unpaired) electrons. The van der Waals surface area contributed by atoms with Gasteiger partial charge in [0.1, 0.15) is 0 Å². The summed E-state index contributed by atoms with van der Waals surface area (Å²) in [7, 11) is 5.45. The van der Waals surface area contributed by atoms with Crippen LogP contribution in [0.4, 0.5) is 5.69 Å². The number of carbonyl (C=O) groups is 2. The Kier molecular flexibility index (Phi) is 5.32. The third kappa shape index (κ3) is 3.23. The van der Waals surface area contributed by atoms with Gasteiger partial charge in [0.15, 0.2) is 11.4 Å². The van der Waals surface area contributed by atoms with Gasteiger partial charge in [-0.25, -0.2) is 4.79 Å². The van der Waals surface area contributed by atoms with E-state index in [0.717, 1.165) is 31.4 Å². The molecule has 176 valence electrons. The van der Waals surface area contributed by atoms with E-state index in [9.17, 15) is 14.7 Å². The highest BCUT2D eigenvalue weighted by molar-refractivity contribution is 5.93. The zero-order valence-electron chi connectivity index (χ0n) is 20.2. The molecule has 0 amide bonds. The number of benzene rings is 1. The van der Waals surface area contributed by atoms with Crippen molar-refractivity contribution in [3.05, 3.63) is 52.6 Å². The lowest BCUT2D eigenvalue weighted by atomic mass is 9.51. The van der Waals surface area contributed by atoms with E-state index in [1.807, 2.05) is 20.2 Å². The number of ether oxygens (including phenoxy) is 1. The fourth-order valence-corrected chi connectivity index (χ4v) is 7.47. The first kappa shape index (κ1) is 22.4. The lowest BCUT2D eigenvalue weighted by molar-refractivity contribution is -0.179. The molecule has 5 heteroatoms. The average Bonchev–Trinajstić information content (AvgIpc) is 3.09. The van der Waals surface area contributed by atoms with Crippen LogP contribution in [0.15, 0.2) is 47.1 Å². The Labute approximate surface area is 196 Å². The predicted molar refractivity (Wildman–Crippen MR) is 128 cm³/mol. The van der Waals surface area contributed by atoms with Crippen LogP contribution >= 0.6 is 0 Å². The molecule has 1 N–H and O–H groups in total. The van der Waals surface area contributed by atoms with Crippen molar-refractivity contribution in [2.24, 2.45) is 17.3 Å². The topological polar surface area (TPSA) is 66.8 Å². The molecule has 0 heterocycles. The van der Waals surface area contributed by atoms with Gasteiger partial charge in [-0.1, -0.05) is 24.6 Å². The summed E-state index contributed by atoms with van der Waals surface area (Å²) in [5.41, 5.74) is 4.43. The van der Waals surface area contributed by atoms with Gasteiger partial charge in [-0.2, -0.15) is 0 Å². The fourth-order valence-electron chi connectivity index (χ4n) is 7.47. The molecule has 0 saturated heterocycles. The smallest absolute Gasteiger partial charge is 0.338 e. The van der Waals surface area contributed by atoms with Crippen LogP contribution in [0.1, 0.15) is 63.4 Å². The molecule has 2 saturated carbocycles. The molecule has 33 heavy (non-hydrogen) atoms. The molecule has 5 atom stereocenters. The number of methoxy groups -OCH3 is 1. The molecule has 0 bridgehead atoms. The zero-order chi connectivity index (χ0) is 23.5. The summed E-state index contributed by atoms with van der Waals surface area (Å²) in [6.45, 7) is 2.11. The normalized spacial score (nSPS) is 35.4. The summed E-state index contributed by atoms with van der Waals surface area (Å²) >= 11 is 0. The minimum absolute atomic E-state index is 0.119. The van der Waals surface area contributed by atoms with Crippen molar-refractivity contribution < 1.29 is 19.4 Å². The Hall–Kier alpha value is -2.40. The van der Waals surface area contributed by atoms with E-state index in [-0.39, 0.29) is 17.6 Å². The SMILES string of the molecule is COC(=O)[C@@]1(O)CCC2C3CCC4=CC(=O)CCC4=C3C(c3ccc(N(C)C)cc3)C[C@@]21C. The maximum Gasteiger partial charge on any atom is 0.338 e. The molecule has 4 aliphatic rings. The molecule has 4 aliphatic carbocycles.